The molecule has 7 nitrogen and oxygen atoms in total. The molecule has 32 heavy (non-hydrogen) atoms. The maximum atomic E-state index is 13.0. The summed E-state index contributed by atoms with van der Waals surface area (Å²) in [5.74, 6) is -1.75. The van der Waals surface area contributed by atoms with Crippen LogP contribution in [0.2, 0.25) is 5.02 Å². The van der Waals surface area contributed by atoms with E-state index < -0.39 is 16.0 Å². The van der Waals surface area contributed by atoms with E-state index in [0.717, 1.165) is 0 Å². The Balaban J connectivity index is 1.80. The fraction of sp³-hybridized carbons (Fsp3) is 0. The molecule has 0 atom stereocenters. The van der Waals surface area contributed by atoms with Gasteiger partial charge in [0.25, 0.3) is 10.0 Å². The largest absolute Gasteiger partial charge is 0.545 e. The van der Waals surface area contributed by atoms with E-state index in [1.165, 1.54) is 48.5 Å². The van der Waals surface area contributed by atoms with Crippen LogP contribution in [0.15, 0.2) is 93.9 Å². The highest BCUT2D eigenvalue weighted by molar-refractivity contribution is 7.90. The number of hydrogen-bond donors (Lipinski definition) is 1. The Labute approximate surface area is 188 Å². The van der Waals surface area contributed by atoms with Crippen molar-refractivity contribution in [2.24, 2.45) is 4.40 Å². The molecule has 0 bridgehead atoms. The third kappa shape index (κ3) is 4.32. The first-order chi connectivity index (χ1) is 15.2. The van der Waals surface area contributed by atoms with Crippen molar-refractivity contribution in [3.63, 3.8) is 0 Å². The van der Waals surface area contributed by atoms with Crippen molar-refractivity contribution >= 4 is 44.8 Å². The normalized spacial score (nSPS) is 14.6. The number of sulfonamides is 1. The number of carbonyl (C=O) groups is 2. The summed E-state index contributed by atoms with van der Waals surface area (Å²) in [6.45, 7) is 0. The van der Waals surface area contributed by atoms with Crippen LogP contribution >= 0.6 is 11.6 Å². The Kier molecular flexibility index (Phi) is 5.65. The SMILES string of the molecule is O=C([O-])c1cccc(NC2=CC(=NS(=O)(=O)c3ccc(Cl)cc3)c3ccccc3C2=O)c1. The molecule has 160 valence electrons. The Bertz CT molecular complexity index is 1410. The van der Waals surface area contributed by atoms with Crippen molar-refractivity contribution in [2.45, 2.75) is 4.90 Å². The van der Waals surface area contributed by atoms with Gasteiger partial charge in [0.05, 0.1) is 22.3 Å². The number of carbonyl (C=O) groups excluding carboxylic acids is 2. The lowest BCUT2D eigenvalue weighted by atomic mass is 9.92. The van der Waals surface area contributed by atoms with E-state index in [0.29, 0.717) is 16.3 Å². The molecule has 0 spiro atoms. The number of Topliss-reactive ketones (excluding diaryl/α,β-unsaturated/α-hetero) is 1. The molecular formula is C23H14ClN2O5S-. The highest BCUT2D eigenvalue weighted by Crippen LogP contribution is 2.25. The van der Waals surface area contributed by atoms with Crippen LogP contribution < -0.4 is 10.4 Å². The summed E-state index contributed by atoms with van der Waals surface area (Å²) in [7, 11) is -4.09. The second-order valence-corrected chi connectivity index (χ2v) is 8.87. The first-order valence-electron chi connectivity index (χ1n) is 9.29. The van der Waals surface area contributed by atoms with Gasteiger partial charge in [-0.2, -0.15) is 12.8 Å². The molecule has 0 saturated heterocycles. The number of aromatic carboxylic acids is 1. The zero-order valence-electron chi connectivity index (χ0n) is 16.3. The maximum Gasteiger partial charge on any atom is 0.282 e. The second kappa shape index (κ2) is 8.41. The summed E-state index contributed by atoms with van der Waals surface area (Å²) in [6.07, 6.45) is 1.32. The van der Waals surface area contributed by atoms with Gasteiger partial charge in [-0.15, -0.1) is 0 Å². The van der Waals surface area contributed by atoms with E-state index in [2.05, 4.69) is 9.71 Å². The number of carboxylic acids is 1. The van der Waals surface area contributed by atoms with Gasteiger partial charge in [0.2, 0.25) is 5.78 Å². The van der Waals surface area contributed by atoms with Gasteiger partial charge in [0.15, 0.2) is 0 Å². The van der Waals surface area contributed by atoms with Gasteiger partial charge in [0.1, 0.15) is 0 Å². The summed E-state index contributed by atoms with van der Waals surface area (Å²) in [6, 6.07) is 17.8. The van der Waals surface area contributed by atoms with Crippen molar-refractivity contribution in [2.75, 3.05) is 5.32 Å². The molecule has 0 aliphatic heterocycles. The number of allylic oxidation sites excluding steroid dienone is 2. The fourth-order valence-electron chi connectivity index (χ4n) is 3.17. The van der Waals surface area contributed by atoms with Gasteiger partial charge >= 0.3 is 0 Å². The number of rotatable bonds is 5. The van der Waals surface area contributed by atoms with E-state index in [1.807, 2.05) is 0 Å². The topological polar surface area (TPSA) is 116 Å². The minimum atomic E-state index is -4.09. The van der Waals surface area contributed by atoms with Crippen molar-refractivity contribution in [3.8, 4) is 0 Å². The standard InChI is InChI=1S/C23H15ClN2O5S/c24-15-8-10-17(11-9-15)32(30,31)26-20-13-21(22(27)19-7-2-1-6-18(19)20)25-16-5-3-4-14(12-16)23(28)29/h1-13,25H,(H,28,29)/p-1. The highest BCUT2D eigenvalue weighted by Gasteiger charge is 2.26. The van der Waals surface area contributed by atoms with Gasteiger partial charge in [-0.05, 0) is 48.0 Å². The molecule has 1 aliphatic rings. The Hall–Kier alpha value is -3.75. The van der Waals surface area contributed by atoms with Crippen LogP contribution in [0, 0.1) is 0 Å². The summed E-state index contributed by atoms with van der Waals surface area (Å²) >= 11 is 5.84. The summed E-state index contributed by atoms with van der Waals surface area (Å²) in [4.78, 5) is 24.1. The number of benzene rings is 3. The molecule has 0 amide bonds. The lowest BCUT2D eigenvalue weighted by molar-refractivity contribution is -0.255. The molecule has 3 aromatic carbocycles. The third-order valence-corrected chi connectivity index (χ3v) is 6.24. The second-order valence-electron chi connectivity index (χ2n) is 6.83. The maximum absolute atomic E-state index is 13.0. The van der Waals surface area contributed by atoms with Crippen LogP contribution in [0.4, 0.5) is 5.69 Å². The molecule has 1 aliphatic carbocycles. The molecule has 0 saturated carbocycles. The molecule has 3 aromatic rings. The van der Waals surface area contributed by atoms with Gasteiger partial charge in [-0.3, -0.25) is 4.79 Å². The van der Waals surface area contributed by atoms with Crippen LogP contribution in [0.1, 0.15) is 26.3 Å². The Morgan fingerprint density at radius 3 is 2.31 bits per heavy atom. The third-order valence-electron chi connectivity index (χ3n) is 4.68. The van der Waals surface area contributed by atoms with Crippen molar-refractivity contribution in [3.05, 3.63) is 106 Å². The lowest BCUT2D eigenvalue weighted by Crippen LogP contribution is -2.24. The fourth-order valence-corrected chi connectivity index (χ4v) is 4.29. The number of nitrogens with one attached hydrogen (secondary N) is 1. The van der Waals surface area contributed by atoms with E-state index >= 15 is 0 Å². The van der Waals surface area contributed by atoms with Gasteiger partial charge in [-0.25, -0.2) is 0 Å². The van der Waals surface area contributed by atoms with Gasteiger partial charge < -0.3 is 15.2 Å². The zero-order valence-corrected chi connectivity index (χ0v) is 17.9. The quantitative estimate of drug-likeness (QED) is 0.619. The first-order valence-corrected chi connectivity index (χ1v) is 11.1. The van der Waals surface area contributed by atoms with Crippen LogP contribution in [0.3, 0.4) is 0 Å². The van der Waals surface area contributed by atoms with Crippen LogP contribution in [0.25, 0.3) is 0 Å². The van der Waals surface area contributed by atoms with E-state index in [1.54, 1.807) is 30.3 Å². The summed E-state index contributed by atoms with van der Waals surface area (Å²) in [5.41, 5.74) is 0.990. The molecule has 0 heterocycles. The molecule has 0 aromatic heterocycles. The molecule has 9 heteroatoms. The number of fused-ring (bicyclic) bond motifs is 1. The number of carboxylic acid groups (broad SMARTS) is 1. The Morgan fingerprint density at radius 1 is 0.938 bits per heavy atom. The predicted molar refractivity (Wildman–Crippen MR) is 118 cm³/mol. The minimum Gasteiger partial charge on any atom is -0.545 e. The highest BCUT2D eigenvalue weighted by atomic mass is 35.5. The number of anilines is 1. The molecule has 1 N–H and O–H groups in total. The van der Waals surface area contributed by atoms with Crippen LogP contribution in [0.5, 0.6) is 0 Å². The molecule has 0 unspecified atom stereocenters. The first kappa shape index (κ1) is 21.5. The molecule has 0 radical (unpaired) electrons. The van der Waals surface area contributed by atoms with Crippen molar-refractivity contribution in [1.29, 1.82) is 0 Å². The number of halogens is 1. The number of ketones is 1. The number of hydrogen-bond acceptors (Lipinski definition) is 6. The number of nitrogens with zero attached hydrogens (tertiary/aromatic N) is 1. The van der Waals surface area contributed by atoms with Crippen LogP contribution in [-0.2, 0) is 10.0 Å². The van der Waals surface area contributed by atoms with E-state index in [4.69, 9.17) is 11.6 Å². The van der Waals surface area contributed by atoms with Crippen LogP contribution in [-0.4, -0.2) is 25.9 Å². The lowest BCUT2D eigenvalue weighted by Gasteiger charge is -2.19. The molecular weight excluding hydrogens is 452 g/mol. The summed E-state index contributed by atoms with van der Waals surface area (Å²) < 4.78 is 29.7. The average molecular weight is 466 g/mol. The van der Waals surface area contributed by atoms with E-state index in [9.17, 15) is 23.1 Å². The molecule has 0 fully saturated rings. The average Bonchev–Trinajstić information content (AvgIpc) is 2.77. The van der Waals surface area contributed by atoms with Gasteiger partial charge in [-0.1, -0.05) is 48.0 Å². The summed E-state index contributed by atoms with van der Waals surface area (Å²) in [5, 5.41) is 14.4. The van der Waals surface area contributed by atoms with Crippen molar-refractivity contribution < 1.29 is 23.1 Å². The predicted octanol–water partition coefficient (Wildman–Crippen LogP) is 3.07. The van der Waals surface area contributed by atoms with Gasteiger partial charge in [0, 0.05) is 21.8 Å². The van der Waals surface area contributed by atoms with E-state index in [-0.39, 0.29) is 33.2 Å². The Morgan fingerprint density at radius 2 is 1.62 bits per heavy atom. The minimum absolute atomic E-state index is 0.0456. The zero-order chi connectivity index (χ0) is 22.9. The molecule has 4 rings (SSSR count). The van der Waals surface area contributed by atoms with Crippen molar-refractivity contribution in [1.82, 2.24) is 0 Å². The monoisotopic (exact) mass is 465 g/mol. The smallest absolute Gasteiger partial charge is 0.282 e.